The van der Waals surface area contributed by atoms with Crippen molar-refractivity contribution in [2.45, 2.75) is 31.3 Å². The van der Waals surface area contributed by atoms with Gasteiger partial charge in [-0.15, -0.1) is 0 Å². The zero-order valence-corrected chi connectivity index (χ0v) is 12.6. The number of esters is 1. The predicted octanol–water partition coefficient (Wildman–Crippen LogP) is -1.13. The second-order valence-electron chi connectivity index (χ2n) is 5.49. The molecular weight excluding hydrogens is 284 g/mol. The third-order valence-corrected chi connectivity index (χ3v) is 4.01. The van der Waals surface area contributed by atoms with Crippen molar-refractivity contribution in [3.05, 3.63) is 35.9 Å². The number of quaternary nitrogens is 1. The van der Waals surface area contributed by atoms with E-state index in [9.17, 15) is 14.4 Å². The number of benzene rings is 1. The maximum absolute atomic E-state index is 12.5. The number of nitrogens with one attached hydrogen (secondary N) is 1. The molecule has 6 nitrogen and oxygen atoms in total. The third-order valence-electron chi connectivity index (χ3n) is 4.01. The van der Waals surface area contributed by atoms with Crippen molar-refractivity contribution in [3.63, 3.8) is 0 Å². The van der Waals surface area contributed by atoms with Crippen LogP contribution in [0.1, 0.15) is 18.4 Å². The van der Waals surface area contributed by atoms with E-state index in [0.29, 0.717) is 30.7 Å². The standard InChI is InChI=1S/C16H20N2O4/c1-22-16(21)14(19)13-8-5-9-18(13)15(20)12(17)10-11-6-3-2-4-7-11/h2-4,6-7,12-13H,5,8-10,17H2,1H3/p+1/t12-,13+/m1/s1. The number of nitrogens with two attached hydrogens (primary N) is 1. The van der Waals surface area contributed by atoms with Crippen LogP contribution in [0, 0.1) is 0 Å². The number of ether oxygens (including phenoxy) is 1. The highest BCUT2D eigenvalue weighted by Crippen LogP contribution is 2.05. The summed E-state index contributed by atoms with van der Waals surface area (Å²) < 4.78 is 4.46. The van der Waals surface area contributed by atoms with E-state index in [-0.39, 0.29) is 5.91 Å². The van der Waals surface area contributed by atoms with Gasteiger partial charge < -0.3 is 10.5 Å². The average Bonchev–Trinajstić information content (AvgIpc) is 3.03. The Morgan fingerprint density at radius 2 is 2.00 bits per heavy atom. The highest BCUT2D eigenvalue weighted by Gasteiger charge is 2.44. The lowest BCUT2D eigenvalue weighted by atomic mass is 10.0. The van der Waals surface area contributed by atoms with Crippen LogP contribution in [0.3, 0.4) is 0 Å². The van der Waals surface area contributed by atoms with E-state index >= 15 is 0 Å². The number of ketones is 1. The van der Waals surface area contributed by atoms with Crippen LogP contribution in [0.25, 0.3) is 0 Å². The zero-order valence-electron chi connectivity index (χ0n) is 12.6. The minimum absolute atomic E-state index is 0.219. The second-order valence-corrected chi connectivity index (χ2v) is 5.49. The molecule has 1 saturated heterocycles. The van der Waals surface area contributed by atoms with Crippen LogP contribution < -0.4 is 10.6 Å². The molecule has 6 heteroatoms. The summed E-state index contributed by atoms with van der Waals surface area (Å²) >= 11 is 0. The van der Waals surface area contributed by atoms with Crippen LogP contribution in [0.2, 0.25) is 0 Å². The molecule has 118 valence electrons. The summed E-state index contributed by atoms with van der Waals surface area (Å²) in [7, 11) is 1.16. The van der Waals surface area contributed by atoms with E-state index in [1.807, 2.05) is 30.3 Å². The van der Waals surface area contributed by atoms with Crippen LogP contribution in [-0.4, -0.2) is 43.4 Å². The Morgan fingerprint density at radius 3 is 2.64 bits per heavy atom. The van der Waals surface area contributed by atoms with E-state index in [4.69, 9.17) is 5.73 Å². The molecule has 1 heterocycles. The first-order valence-electron chi connectivity index (χ1n) is 7.36. The number of likely N-dealkylation sites (tertiary alicyclic amines) is 1. The van der Waals surface area contributed by atoms with Gasteiger partial charge in [-0.05, 0) is 5.56 Å². The first-order valence-corrected chi connectivity index (χ1v) is 7.36. The summed E-state index contributed by atoms with van der Waals surface area (Å²) in [5.74, 6) is -1.76. The number of Topliss-reactive ketones (excluding diaryl/α,β-unsaturated/α-hetero) is 1. The number of rotatable bonds is 5. The van der Waals surface area contributed by atoms with E-state index in [0.717, 1.165) is 12.7 Å². The number of amides is 1. The Balaban J connectivity index is 2.04. The highest BCUT2D eigenvalue weighted by atomic mass is 16.5. The summed E-state index contributed by atoms with van der Waals surface area (Å²) in [6.45, 7) is 0.523. The summed E-state index contributed by atoms with van der Waals surface area (Å²) in [4.78, 5) is 36.4. The lowest BCUT2D eigenvalue weighted by Crippen LogP contribution is -3.18. The second kappa shape index (κ2) is 7.29. The van der Waals surface area contributed by atoms with Crippen molar-refractivity contribution >= 4 is 17.7 Å². The normalized spacial score (nSPS) is 22.1. The molecule has 1 unspecified atom stereocenters. The molecule has 0 aromatic heterocycles. The molecule has 22 heavy (non-hydrogen) atoms. The molecule has 1 fully saturated rings. The molecule has 1 amide bonds. The van der Waals surface area contributed by atoms with Crippen LogP contribution in [0.15, 0.2) is 30.3 Å². The summed E-state index contributed by atoms with van der Waals surface area (Å²) in [6, 6.07) is 8.13. The summed E-state index contributed by atoms with van der Waals surface area (Å²) in [6.07, 6.45) is 1.64. The first-order chi connectivity index (χ1) is 10.5. The number of carbonyl (C=O) groups excluding carboxylic acids is 3. The van der Waals surface area contributed by atoms with Gasteiger partial charge in [-0.2, -0.15) is 0 Å². The Kier molecular flexibility index (Phi) is 5.41. The molecule has 1 aliphatic rings. The molecular formula is C16H21N2O4+. The maximum atomic E-state index is 12.5. The molecule has 0 radical (unpaired) electrons. The number of methoxy groups -OCH3 is 1. The topological polar surface area (TPSA) is 90.9 Å². The van der Waals surface area contributed by atoms with E-state index in [1.54, 1.807) is 0 Å². The fourth-order valence-corrected chi connectivity index (χ4v) is 2.87. The van der Waals surface area contributed by atoms with Gasteiger partial charge in [0.1, 0.15) is 6.04 Å². The van der Waals surface area contributed by atoms with Crippen LogP contribution in [-0.2, 0) is 25.5 Å². The Morgan fingerprint density at radius 1 is 1.32 bits per heavy atom. The SMILES string of the molecule is COC(=O)C(=O)[C@@H]1CCC[NH+]1C(=O)[C@H](N)Cc1ccccc1. The van der Waals surface area contributed by atoms with Gasteiger partial charge in [-0.3, -0.25) is 9.69 Å². The van der Waals surface area contributed by atoms with Crippen molar-refractivity contribution < 1.29 is 24.0 Å². The van der Waals surface area contributed by atoms with Gasteiger partial charge in [-0.25, -0.2) is 9.59 Å². The monoisotopic (exact) mass is 305 g/mol. The quantitative estimate of drug-likeness (QED) is 0.531. The lowest BCUT2D eigenvalue weighted by molar-refractivity contribution is -0.823. The Hall–Kier alpha value is -2.05. The van der Waals surface area contributed by atoms with Crippen molar-refractivity contribution in [3.8, 4) is 0 Å². The maximum Gasteiger partial charge on any atom is 0.380 e. The smallest absolute Gasteiger partial charge is 0.380 e. The van der Waals surface area contributed by atoms with Crippen molar-refractivity contribution in [1.29, 1.82) is 0 Å². The van der Waals surface area contributed by atoms with Crippen molar-refractivity contribution in [1.82, 2.24) is 0 Å². The van der Waals surface area contributed by atoms with Gasteiger partial charge in [-0.1, -0.05) is 30.3 Å². The molecule has 0 bridgehead atoms. The van der Waals surface area contributed by atoms with Gasteiger partial charge in [0, 0.05) is 19.3 Å². The molecule has 3 atom stereocenters. The van der Waals surface area contributed by atoms with Crippen LogP contribution >= 0.6 is 0 Å². The third kappa shape index (κ3) is 3.58. The molecule has 2 rings (SSSR count). The van der Waals surface area contributed by atoms with E-state index in [1.165, 1.54) is 0 Å². The Bertz CT molecular complexity index is 559. The van der Waals surface area contributed by atoms with Gasteiger partial charge >= 0.3 is 11.9 Å². The lowest BCUT2D eigenvalue weighted by Gasteiger charge is -2.20. The van der Waals surface area contributed by atoms with Gasteiger partial charge in [0.25, 0.3) is 5.78 Å². The van der Waals surface area contributed by atoms with Crippen LogP contribution in [0.5, 0.6) is 0 Å². The molecule has 3 N–H and O–H groups in total. The fourth-order valence-electron chi connectivity index (χ4n) is 2.87. The number of hydrogen-bond donors (Lipinski definition) is 2. The fraction of sp³-hybridized carbons (Fsp3) is 0.438. The summed E-state index contributed by atoms with van der Waals surface area (Å²) in [5.41, 5.74) is 6.97. The van der Waals surface area contributed by atoms with Gasteiger partial charge in [0.2, 0.25) is 0 Å². The van der Waals surface area contributed by atoms with E-state index in [2.05, 4.69) is 4.74 Å². The zero-order chi connectivity index (χ0) is 16.1. The molecule has 0 spiro atoms. The largest absolute Gasteiger partial charge is 0.463 e. The predicted molar refractivity (Wildman–Crippen MR) is 79.0 cm³/mol. The molecule has 0 saturated carbocycles. The average molecular weight is 305 g/mol. The highest BCUT2D eigenvalue weighted by molar-refractivity contribution is 6.35. The van der Waals surface area contributed by atoms with Crippen LogP contribution in [0.4, 0.5) is 0 Å². The molecule has 0 aliphatic carbocycles. The molecule has 1 aromatic rings. The minimum Gasteiger partial charge on any atom is -0.463 e. The molecule has 1 aromatic carbocycles. The number of hydrogen-bond acceptors (Lipinski definition) is 5. The number of carbonyl (C=O) groups is 3. The molecule has 1 aliphatic heterocycles. The minimum atomic E-state index is -0.895. The van der Waals surface area contributed by atoms with Crippen molar-refractivity contribution in [2.24, 2.45) is 5.73 Å². The summed E-state index contributed by atoms with van der Waals surface area (Å²) in [5, 5.41) is 0. The Labute approximate surface area is 129 Å². The van der Waals surface area contributed by atoms with Crippen molar-refractivity contribution in [2.75, 3.05) is 13.7 Å². The van der Waals surface area contributed by atoms with Gasteiger partial charge in [0.05, 0.1) is 13.7 Å². The van der Waals surface area contributed by atoms with E-state index < -0.39 is 23.8 Å². The first kappa shape index (κ1) is 16.3. The van der Waals surface area contributed by atoms with Gasteiger partial charge in [0.15, 0.2) is 6.04 Å².